The highest BCUT2D eigenvalue weighted by Gasteiger charge is 2.20. The Labute approximate surface area is 219 Å². The van der Waals surface area contributed by atoms with Gasteiger partial charge in [-0.15, -0.1) is 0 Å². The molecule has 2 aromatic carbocycles. The molecule has 1 N–H and O–H groups in total. The SMILES string of the molecule is CC(C)(C)COc1cc2nc(Cc3nn(CC(=O)N4CCOCC4)c(=O)c4ccccc34)[nH]c2cc1Cl. The Morgan fingerprint density at radius 3 is 2.62 bits per heavy atom. The van der Waals surface area contributed by atoms with Gasteiger partial charge in [-0.25, -0.2) is 9.67 Å². The number of carbonyl (C=O) groups excluding carboxylic acids is 1. The van der Waals surface area contributed by atoms with Gasteiger partial charge in [0.05, 0.1) is 53.4 Å². The third-order valence-corrected chi connectivity index (χ3v) is 6.47. The predicted octanol–water partition coefficient (Wildman–Crippen LogP) is 3.80. The minimum Gasteiger partial charge on any atom is -0.491 e. The summed E-state index contributed by atoms with van der Waals surface area (Å²) in [5.41, 5.74) is 1.86. The summed E-state index contributed by atoms with van der Waals surface area (Å²) in [6.45, 7) is 8.70. The number of amides is 1. The zero-order chi connectivity index (χ0) is 26.2. The lowest BCUT2D eigenvalue weighted by Crippen LogP contribution is -2.43. The van der Waals surface area contributed by atoms with Gasteiger partial charge in [0.2, 0.25) is 5.91 Å². The van der Waals surface area contributed by atoms with Crippen LogP contribution in [-0.4, -0.2) is 63.5 Å². The van der Waals surface area contributed by atoms with Gasteiger partial charge in [-0.05, 0) is 17.5 Å². The Morgan fingerprint density at radius 2 is 1.89 bits per heavy atom. The molecule has 1 saturated heterocycles. The molecule has 1 aliphatic rings. The van der Waals surface area contributed by atoms with Gasteiger partial charge in [0, 0.05) is 24.5 Å². The van der Waals surface area contributed by atoms with Crippen LogP contribution in [0, 0.1) is 5.41 Å². The van der Waals surface area contributed by atoms with Crippen LogP contribution in [0.25, 0.3) is 21.8 Å². The molecule has 0 unspecified atom stereocenters. The van der Waals surface area contributed by atoms with Crippen LogP contribution in [0.15, 0.2) is 41.2 Å². The second-order valence-electron chi connectivity index (χ2n) is 10.5. The summed E-state index contributed by atoms with van der Waals surface area (Å²) in [7, 11) is 0. The number of H-pyrrole nitrogens is 1. The number of rotatable bonds is 6. The van der Waals surface area contributed by atoms with Crippen LogP contribution in [-0.2, 0) is 22.5 Å². The van der Waals surface area contributed by atoms with Crippen molar-refractivity contribution in [3.8, 4) is 5.75 Å². The highest BCUT2D eigenvalue weighted by Crippen LogP contribution is 2.31. The van der Waals surface area contributed by atoms with E-state index in [9.17, 15) is 9.59 Å². The van der Waals surface area contributed by atoms with E-state index in [0.717, 1.165) is 16.4 Å². The van der Waals surface area contributed by atoms with Crippen molar-refractivity contribution in [3.05, 3.63) is 63.3 Å². The number of nitrogens with one attached hydrogen (secondary N) is 1. The Bertz CT molecular complexity index is 1520. The molecule has 2 aromatic heterocycles. The molecule has 194 valence electrons. The van der Waals surface area contributed by atoms with Crippen molar-refractivity contribution in [2.24, 2.45) is 5.41 Å². The van der Waals surface area contributed by atoms with E-state index in [2.05, 4.69) is 30.9 Å². The maximum atomic E-state index is 13.2. The Balaban J connectivity index is 1.46. The van der Waals surface area contributed by atoms with E-state index < -0.39 is 0 Å². The van der Waals surface area contributed by atoms with Gasteiger partial charge < -0.3 is 19.4 Å². The van der Waals surface area contributed by atoms with Gasteiger partial charge in [0.1, 0.15) is 18.1 Å². The van der Waals surface area contributed by atoms with Gasteiger partial charge in [0.25, 0.3) is 5.56 Å². The van der Waals surface area contributed by atoms with Crippen molar-refractivity contribution >= 4 is 39.3 Å². The van der Waals surface area contributed by atoms with E-state index in [1.165, 1.54) is 4.68 Å². The normalized spacial score (nSPS) is 14.4. The lowest BCUT2D eigenvalue weighted by Gasteiger charge is -2.26. The molecule has 0 aliphatic carbocycles. The van der Waals surface area contributed by atoms with Crippen molar-refractivity contribution in [3.63, 3.8) is 0 Å². The fourth-order valence-electron chi connectivity index (χ4n) is 4.30. The van der Waals surface area contributed by atoms with Crippen molar-refractivity contribution in [1.82, 2.24) is 24.6 Å². The molecule has 9 nitrogen and oxygen atoms in total. The van der Waals surface area contributed by atoms with Gasteiger partial charge in [-0.3, -0.25) is 9.59 Å². The average molecular weight is 524 g/mol. The van der Waals surface area contributed by atoms with Crippen LogP contribution >= 0.6 is 11.6 Å². The quantitative estimate of drug-likeness (QED) is 0.412. The number of fused-ring (bicyclic) bond motifs is 2. The number of aromatic nitrogens is 4. The van der Waals surface area contributed by atoms with Crippen molar-refractivity contribution in [1.29, 1.82) is 0 Å². The van der Waals surface area contributed by atoms with Gasteiger partial charge in [0.15, 0.2) is 0 Å². The molecule has 0 bridgehead atoms. The molecule has 5 rings (SSSR count). The van der Waals surface area contributed by atoms with E-state index in [1.54, 1.807) is 17.0 Å². The smallest absolute Gasteiger partial charge is 0.275 e. The van der Waals surface area contributed by atoms with Crippen LogP contribution in [0.3, 0.4) is 0 Å². The summed E-state index contributed by atoms with van der Waals surface area (Å²) in [4.78, 5) is 35.8. The number of nitrogens with zero attached hydrogens (tertiary/aromatic N) is 4. The topological polar surface area (TPSA) is 102 Å². The summed E-state index contributed by atoms with van der Waals surface area (Å²) in [6.07, 6.45) is 0.344. The molecule has 10 heteroatoms. The molecule has 0 atom stereocenters. The molecule has 37 heavy (non-hydrogen) atoms. The number of halogens is 1. The van der Waals surface area contributed by atoms with E-state index in [1.807, 2.05) is 24.3 Å². The van der Waals surface area contributed by atoms with Crippen molar-refractivity contribution < 1.29 is 14.3 Å². The number of ether oxygens (including phenoxy) is 2. The number of carbonyl (C=O) groups is 1. The van der Waals surface area contributed by atoms with Gasteiger partial charge in [-0.1, -0.05) is 50.6 Å². The first kappa shape index (κ1) is 25.2. The van der Waals surface area contributed by atoms with Crippen LogP contribution < -0.4 is 10.3 Å². The number of benzene rings is 2. The number of aromatic amines is 1. The molecule has 3 heterocycles. The molecule has 1 aliphatic heterocycles. The first-order valence-electron chi connectivity index (χ1n) is 12.3. The highest BCUT2D eigenvalue weighted by molar-refractivity contribution is 6.32. The molecular formula is C27H30ClN5O4. The fourth-order valence-corrected chi connectivity index (χ4v) is 4.51. The maximum absolute atomic E-state index is 13.2. The van der Waals surface area contributed by atoms with Crippen LogP contribution in [0.4, 0.5) is 0 Å². The monoisotopic (exact) mass is 523 g/mol. The first-order chi connectivity index (χ1) is 17.7. The van der Waals surface area contributed by atoms with Crippen LogP contribution in [0.1, 0.15) is 32.3 Å². The van der Waals surface area contributed by atoms with Crippen molar-refractivity contribution in [2.45, 2.75) is 33.7 Å². The summed E-state index contributed by atoms with van der Waals surface area (Å²) >= 11 is 6.46. The number of hydrogen-bond acceptors (Lipinski definition) is 6. The standard InChI is InChI=1S/C27H30ClN5O4/c1-27(2,3)16-37-23-13-22-21(12-19(23)28)29-24(30-22)14-20-17-6-4-5-7-18(17)26(35)33(31-20)15-25(34)32-8-10-36-11-9-32/h4-7,12-13H,8-11,14-16H2,1-3H3,(H,29,30). The number of imidazole rings is 1. The lowest BCUT2D eigenvalue weighted by molar-refractivity contribution is -0.136. The highest BCUT2D eigenvalue weighted by atomic mass is 35.5. The molecule has 1 amide bonds. The van der Waals surface area contributed by atoms with Crippen LogP contribution in [0.2, 0.25) is 5.02 Å². The second-order valence-corrected chi connectivity index (χ2v) is 10.9. The average Bonchev–Trinajstić information content (AvgIpc) is 3.26. The minimum absolute atomic E-state index is 0.00595. The molecule has 4 aromatic rings. The summed E-state index contributed by atoms with van der Waals surface area (Å²) in [6, 6.07) is 10.9. The van der Waals surface area contributed by atoms with Crippen molar-refractivity contribution in [2.75, 3.05) is 32.9 Å². The second kappa shape index (κ2) is 10.1. The lowest BCUT2D eigenvalue weighted by atomic mass is 9.99. The maximum Gasteiger partial charge on any atom is 0.275 e. The zero-order valence-corrected chi connectivity index (χ0v) is 22.0. The van der Waals surface area contributed by atoms with Gasteiger partial charge in [-0.2, -0.15) is 5.10 Å². The predicted molar refractivity (Wildman–Crippen MR) is 142 cm³/mol. The van der Waals surface area contributed by atoms with Crippen LogP contribution in [0.5, 0.6) is 5.75 Å². The van der Waals surface area contributed by atoms with E-state index in [0.29, 0.717) is 67.0 Å². The molecule has 0 radical (unpaired) electrons. The molecule has 0 spiro atoms. The molecular weight excluding hydrogens is 494 g/mol. The third-order valence-electron chi connectivity index (χ3n) is 6.17. The first-order valence-corrected chi connectivity index (χ1v) is 12.7. The third kappa shape index (κ3) is 5.62. The van der Waals surface area contributed by atoms with E-state index in [-0.39, 0.29) is 23.4 Å². The number of morpholine rings is 1. The van der Waals surface area contributed by atoms with E-state index in [4.69, 9.17) is 26.1 Å². The van der Waals surface area contributed by atoms with Gasteiger partial charge >= 0.3 is 0 Å². The summed E-state index contributed by atoms with van der Waals surface area (Å²) in [5, 5.41) is 6.36. The number of hydrogen-bond donors (Lipinski definition) is 1. The largest absolute Gasteiger partial charge is 0.491 e. The minimum atomic E-state index is -0.294. The zero-order valence-electron chi connectivity index (χ0n) is 21.2. The summed E-state index contributed by atoms with van der Waals surface area (Å²) in [5.74, 6) is 1.10. The molecule has 0 saturated carbocycles. The Morgan fingerprint density at radius 1 is 1.16 bits per heavy atom. The fraction of sp³-hybridized carbons (Fsp3) is 0.407. The summed E-state index contributed by atoms with van der Waals surface area (Å²) < 4.78 is 12.5. The van der Waals surface area contributed by atoms with E-state index >= 15 is 0 Å². The Hall–Kier alpha value is -3.43. The Kier molecular flexibility index (Phi) is 6.92. The molecule has 1 fully saturated rings.